The van der Waals surface area contributed by atoms with Gasteiger partial charge in [0.05, 0.1) is 19.6 Å². The number of nitrogens with zero attached hydrogens (tertiary/aromatic N) is 3. The van der Waals surface area contributed by atoms with Crippen molar-refractivity contribution in [3.8, 4) is 17.7 Å². The highest BCUT2D eigenvalue weighted by Gasteiger charge is 2.11. The standard InChI is InChI=1S/C11H9N3O2/c1-15-8-5-3-4-7-10(8)13-9(6-12)14-11(7)16-2/h3-5H,1-2H3. The molecule has 0 aliphatic heterocycles. The van der Waals surface area contributed by atoms with Gasteiger partial charge < -0.3 is 9.47 Å². The summed E-state index contributed by atoms with van der Waals surface area (Å²) in [6.07, 6.45) is 0. The van der Waals surface area contributed by atoms with Crippen LogP contribution in [0, 0.1) is 11.3 Å². The van der Waals surface area contributed by atoms with E-state index in [9.17, 15) is 0 Å². The SMILES string of the molecule is COc1nc(C#N)nc2c(OC)cccc12. The molecule has 16 heavy (non-hydrogen) atoms. The summed E-state index contributed by atoms with van der Waals surface area (Å²) < 4.78 is 10.3. The fraction of sp³-hybridized carbons (Fsp3) is 0.182. The third-order valence-electron chi connectivity index (χ3n) is 2.17. The lowest BCUT2D eigenvalue weighted by Crippen LogP contribution is -1.97. The zero-order chi connectivity index (χ0) is 11.5. The summed E-state index contributed by atoms with van der Waals surface area (Å²) in [6.45, 7) is 0. The maximum atomic E-state index is 8.81. The van der Waals surface area contributed by atoms with E-state index < -0.39 is 0 Å². The minimum Gasteiger partial charge on any atom is -0.494 e. The minimum atomic E-state index is 0.0638. The number of rotatable bonds is 2. The van der Waals surface area contributed by atoms with Crippen LogP contribution in [0.3, 0.4) is 0 Å². The van der Waals surface area contributed by atoms with Crippen molar-refractivity contribution < 1.29 is 9.47 Å². The van der Waals surface area contributed by atoms with Crippen LogP contribution >= 0.6 is 0 Å². The van der Waals surface area contributed by atoms with Crippen LogP contribution in [0.1, 0.15) is 5.82 Å². The van der Waals surface area contributed by atoms with E-state index in [1.165, 1.54) is 7.11 Å². The Balaban J connectivity index is 2.85. The van der Waals surface area contributed by atoms with Crippen molar-refractivity contribution in [2.24, 2.45) is 0 Å². The number of benzene rings is 1. The number of ether oxygens (including phenoxy) is 2. The quantitative estimate of drug-likeness (QED) is 0.759. The van der Waals surface area contributed by atoms with Gasteiger partial charge in [-0.15, -0.1) is 0 Å². The molecule has 0 fully saturated rings. The Bertz CT molecular complexity index is 575. The average Bonchev–Trinajstić information content (AvgIpc) is 2.36. The van der Waals surface area contributed by atoms with Crippen LogP contribution < -0.4 is 9.47 Å². The molecule has 1 aromatic heterocycles. The second-order valence-electron chi connectivity index (χ2n) is 3.02. The second-order valence-corrected chi connectivity index (χ2v) is 3.02. The normalized spacial score (nSPS) is 9.81. The summed E-state index contributed by atoms with van der Waals surface area (Å²) in [7, 11) is 3.05. The van der Waals surface area contributed by atoms with Crippen LogP contribution in [0.5, 0.6) is 11.6 Å². The Morgan fingerprint density at radius 1 is 1.19 bits per heavy atom. The first-order chi connectivity index (χ1) is 7.80. The molecule has 0 amide bonds. The number of methoxy groups -OCH3 is 2. The van der Waals surface area contributed by atoms with E-state index in [-0.39, 0.29) is 5.82 Å². The average molecular weight is 215 g/mol. The van der Waals surface area contributed by atoms with E-state index in [1.807, 2.05) is 18.2 Å². The van der Waals surface area contributed by atoms with Gasteiger partial charge in [0.1, 0.15) is 17.3 Å². The van der Waals surface area contributed by atoms with Crippen molar-refractivity contribution in [3.05, 3.63) is 24.0 Å². The van der Waals surface area contributed by atoms with Crippen LogP contribution in [-0.2, 0) is 0 Å². The van der Waals surface area contributed by atoms with Gasteiger partial charge in [-0.25, -0.2) is 4.98 Å². The molecule has 0 spiro atoms. The molecule has 80 valence electrons. The third kappa shape index (κ3) is 1.50. The molecule has 0 bridgehead atoms. The molecule has 1 heterocycles. The molecule has 0 N–H and O–H groups in total. The molecule has 0 saturated heterocycles. The highest BCUT2D eigenvalue weighted by molar-refractivity contribution is 5.88. The lowest BCUT2D eigenvalue weighted by molar-refractivity contribution is 0.400. The second kappa shape index (κ2) is 4.03. The van der Waals surface area contributed by atoms with Crippen LogP contribution in [0.4, 0.5) is 0 Å². The van der Waals surface area contributed by atoms with E-state index in [0.29, 0.717) is 17.1 Å². The Morgan fingerprint density at radius 2 is 2.00 bits per heavy atom. The minimum absolute atomic E-state index is 0.0638. The number of para-hydroxylation sites is 1. The molecule has 2 aromatic rings. The van der Waals surface area contributed by atoms with Crippen molar-refractivity contribution in [3.63, 3.8) is 0 Å². The van der Waals surface area contributed by atoms with Gasteiger partial charge in [-0.1, -0.05) is 6.07 Å². The zero-order valence-electron chi connectivity index (χ0n) is 8.89. The molecule has 0 radical (unpaired) electrons. The van der Waals surface area contributed by atoms with Gasteiger partial charge in [-0.05, 0) is 12.1 Å². The van der Waals surface area contributed by atoms with Gasteiger partial charge in [0, 0.05) is 0 Å². The van der Waals surface area contributed by atoms with E-state index in [0.717, 1.165) is 5.39 Å². The van der Waals surface area contributed by atoms with Gasteiger partial charge >= 0.3 is 0 Å². The molecule has 0 aliphatic rings. The van der Waals surface area contributed by atoms with Crippen LogP contribution in [-0.4, -0.2) is 24.2 Å². The third-order valence-corrected chi connectivity index (χ3v) is 2.17. The summed E-state index contributed by atoms with van der Waals surface area (Å²) in [5.41, 5.74) is 0.577. The monoisotopic (exact) mass is 215 g/mol. The van der Waals surface area contributed by atoms with Gasteiger partial charge in [0.15, 0.2) is 0 Å². The maximum absolute atomic E-state index is 8.81. The number of nitriles is 1. The highest BCUT2D eigenvalue weighted by Crippen LogP contribution is 2.28. The maximum Gasteiger partial charge on any atom is 0.236 e. The summed E-state index contributed by atoms with van der Waals surface area (Å²) in [4.78, 5) is 8.06. The van der Waals surface area contributed by atoms with Crippen molar-refractivity contribution >= 4 is 10.9 Å². The summed E-state index contributed by atoms with van der Waals surface area (Å²) in [6, 6.07) is 7.30. The van der Waals surface area contributed by atoms with E-state index in [1.54, 1.807) is 13.2 Å². The van der Waals surface area contributed by atoms with Gasteiger partial charge in [-0.2, -0.15) is 10.2 Å². The first-order valence-corrected chi connectivity index (χ1v) is 4.59. The first kappa shape index (κ1) is 10.2. The summed E-state index contributed by atoms with van der Waals surface area (Å²) >= 11 is 0. The van der Waals surface area contributed by atoms with Crippen molar-refractivity contribution in [2.75, 3.05) is 14.2 Å². The Kier molecular flexibility index (Phi) is 2.56. The first-order valence-electron chi connectivity index (χ1n) is 4.59. The number of hydrogen-bond donors (Lipinski definition) is 0. The van der Waals surface area contributed by atoms with Crippen LogP contribution in [0.2, 0.25) is 0 Å². The van der Waals surface area contributed by atoms with Gasteiger partial charge in [-0.3, -0.25) is 0 Å². The summed E-state index contributed by atoms with van der Waals surface area (Å²) in [5, 5.41) is 9.53. The molecule has 0 saturated carbocycles. The topological polar surface area (TPSA) is 68.0 Å². The molecular formula is C11H9N3O2. The fourth-order valence-electron chi connectivity index (χ4n) is 1.47. The Hall–Kier alpha value is -2.35. The predicted octanol–water partition coefficient (Wildman–Crippen LogP) is 1.52. The molecule has 5 heteroatoms. The number of hydrogen-bond acceptors (Lipinski definition) is 5. The Morgan fingerprint density at radius 3 is 2.62 bits per heavy atom. The van der Waals surface area contributed by atoms with E-state index in [4.69, 9.17) is 14.7 Å². The van der Waals surface area contributed by atoms with Gasteiger partial charge in [0.25, 0.3) is 0 Å². The smallest absolute Gasteiger partial charge is 0.236 e. The predicted molar refractivity (Wildman–Crippen MR) is 57.4 cm³/mol. The molecular weight excluding hydrogens is 206 g/mol. The van der Waals surface area contributed by atoms with Crippen molar-refractivity contribution in [1.82, 2.24) is 9.97 Å². The lowest BCUT2D eigenvalue weighted by atomic mass is 10.2. The van der Waals surface area contributed by atoms with Crippen LogP contribution in [0.15, 0.2) is 18.2 Å². The highest BCUT2D eigenvalue weighted by atomic mass is 16.5. The van der Waals surface area contributed by atoms with Crippen molar-refractivity contribution in [1.29, 1.82) is 5.26 Å². The largest absolute Gasteiger partial charge is 0.494 e. The molecule has 1 aromatic carbocycles. The van der Waals surface area contributed by atoms with E-state index >= 15 is 0 Å². The lowest BCUT2D eigenvalue weighted by Gasteiger charge is -2.07. The molecule has 0 aliphatic carbocycles. The number of fused-ring (bicyclic) bond motifs is 1. The van der Waals surface area contributed by atoms with Gasteiger partial charge in [0.2, 0.25) is 11.7 Å². The van der Waals surface area contributed by atoms with E-state index in [2.05, 4.69) is 9.97 Å². The molecule has 2 rings (SSSR count). The molecule has 5 nitrogen and oxygen atoms in total. The fourth-order valence-corrected chi connectivity index (χ4v) is 1.47. The molecule has 0 atom stereocenters. The number of aromatic nitrogens is 2. The summed E-state index contributed by atoms with van der Waals surface area (Å²) in [5.74, 6) is 1.03. The van der Waals surface area contributed by atoms with Crippen LogP contribution in [0.25, 0.3) is 10.9 Å². The zero-order valence-corrected chi connectivity index (χ0v) is 8.89. The van der Waals surface area contributed by atoms with Crippen molar-refractivity contribution in [2.45, 2.75) is 0 Å². The Labute approximate surface area is 92.3 Å². The molecule has 0 unspecified atom stereocenters.